The number of ether oxygens (including phenoxy) is 1. The van der Waals surface area contributed by atoms with Crippen LogP contribution in [0.1, 0.15) is 36.9 Å². The zero-order chi connectivity index (χ0) is 18.8. The fourth-order valence-corrected chi connectivity index (χ4v) is 3.84. The van der Waals surface area contributed by atoms with Crippen LogP contribution in [0.3, 0.4) is 0 Å². The molecule has 138 valence electrons. The van der Waals surface area contributed by atoms with Gasteiger partial charge in [-0.15, -0.1) is 11.3 Å². The van der Waals surface area contributed by atoms with Gasteiger partial charge in [-0.05, 0) is 23.9 Å². The van der Waals surface area contributed by atoms with E-state index >= 15 is 0 Å². The van der Waals surface area contributed by atoms with Crippen molar-refractivity contribution in [3.63, 3.8) is 0 Å². The third-order valence-electron chi connectivity index (χ3n) is 4.56. The number of aromatic amines is 1. The number of aromatic nitrogens is 1. The van der Waals surface area contributed by atoms with Crippen molar-refractivity contribution in [2.24, 2.45) is 5.73 Å². The van der Waals surface area contributed by atoms with E-state index in [0.29, 0.717) is 35.8 Å². The van der Waals surface area contributed by atoms with Crippen molar-refractivity contribution in [1.29, 1.82) is 0 Å². The summed E-state index contributed by atoms with van der Waals surface area (Å²) in [7, 11) is 3.23. The van der Waals surface area contributed by atoms with Gasteiger partial charge in [-0.1, -0.05) is 0 Å². The molecule has 0 spiro atoms. The molecule has 0 aromatic carbocycles. The molecule has 1 aliphatic rings. The van der Waals surface area contributed by atoms with Crippen molar-refractivity contribution < 1.29 is 19.1 Å². The Balaban J connectivity index is 1.66. The molecule has 8 nitrogen and oxygen atoms in total. The Hall–Kier alpha value is -2.81. The van der Waals surface area contributed by atoms with Crippen LogP contribution in [0, 0.1) is 0 Å². The van der Waals surface area contributed by atoms with Gasteiger partial charge in [0.05, 0.1) is 18.7 Å². The van der Waals surface area contributed by atoms with Gasteiger partial charge in [-0.2, -0.15) is 0 Å². The molecule has 0 radical (unpaired) electrons. The second-order valence-electron chi connectivity index (χ2n) is 6.09. The van der Waals surface area contributed by atoms with Crippen molar-refractivity contribution >= 4 is 29.1 Å². The van der Waals surface area contributed by atoms with Crippen molar-refractivity contribution in [2.75, 3.05) is 27.2 Å². The number of H-pyrrole nitrogens is 1. The maximum atomic E-state index is 12.7. The monoisotopic (exact) mass is 376 g/mol. The molecule has 3 amide bonds. The Labute approximate surface area is 154 Å². The summed E-state index contributed by atoms with van der Waals surface area (Å²) in [6.45, 7) is 1.02. The van der Waals surface area contributed by atoms with Gasteiger partial charge in [-0.3, -0.25) is 14.4 Å². The maximum absolute atomic E-state index is 12.7. The number of likely N-dealkylation sites (tertiary alicyclic amines) is 1. The van der Waals surface area contributed by atoms with E-state index in [-0.39, 0.29) is 23.4 Å². The van der Waals surface area contributed by atoms with Gasteiger partial charge in [0.2, 0.25) is 5.91 Å². The van der Waals surface area contributed by atoms with E-state index in [2.05, 4.69) is 4.98 Å². The summed E-state index contributed by atoms with van der Waals surface area (Å²) in [5.41, 5.74) is 5.77. The second kappa shape index (κ2) is 7.20. The molecule has 1 unspecified atom stereocenters. The summed E-state index contributed by atoms with van der Waals surface area (Å²) < 4.78 is 5.21. The minimum absolute atomic E-state index is 0.0870. The molecule has 0 bridgehead atoms. The summed E-state index contributed by atoms with van der Waals surface area (Å²) in [6, 6.07) is 3.11. The van der Waals surface area contributed by atoms with Gasteiger partial charge in [0, 0.05) is 26.3 Å². The number of carbonyl (C=O) groups is 3. The standard InChI is InChI=1S/C17H20N4O4S/c1-20(16(23)12-7-10(8-19-12)15(18)22)11-3-5-21(9-11)17(24)14-13(25-2)4-6-26-14/h4,6-8,11,19H,3,5,9H2,1-2H3,(H2,18,22). The molecule has 0 saturated carbocycles. The minimum atomic E-state index is -0.592. The lowest BCUT2D eigenvalue weighted by Crippen LogP contribution is -2.40. The number of thiophene rings is 1. The molecular weight excluding hydrogens is 356 g/mol. The van der Waals surface area contributed by atoms with Gasteiger partial charge in [-0.25, -0.2) is 0 Å². The number of nitrogens with zero attached hydrogens (tertiary/aromatic N) is 2. The van der Waals surface area contributed by atoms with E-state index in [1.54, 1.807) is 22.9 Å². The van der Waals surface area contributed by atoms with E-state index in [9.17, 15) is 14.4 Å². The Bertz CT molecular complexity index is 843. The summed E-state index contributed by atoms with van der Waals surface area (Å²) in [5.74, 6) is -0.356. The Morgan fingerprint density at radius 3 is 2.85 bits per heavy atom. The average molecular weight is 376 g/mol. The molecule has 9 heteroatoms. The first-order valence-electron chi connectivity index (χ1n) is 8.08. The first-order chi connectivity index (χ1) is 12.4. The number of methoxy groups -OCH3 is 1. The first-order valence-corrected chi connectivity index (χ1v) is 8.96. The van der Waals surface area contributed by atoms with Crippen molar-refractivity contribution in [1.82, 2.24) is 14.8 Å². The molecule has 3 rings (SSSR count). The number of rotatable bonds is 5. The fourth-order valence-electron chi connectivity index (χ4n) is 3.02. The van der Waals surface area contributed by atoms with E-state index in [0.717, 1.165) is 0 Å². The molecule has 1 atom stereocenters. The lowest BCUT2D eigenvalue weighted by atomic mass is 10.2. The highest BCUT2D eigenvalue weighted by molar-refractivity contribution is 7.12. The summed E-state index contributed by atoms with van der Waals surface area (Å²) in [4.78, 5) is 43.1. The predicted octanol–water partition coefficient (Wildman–Crippen LogP) is 1.17. The topological polar surface area (TPSA) is 109 Å². The zero-order valence-corrected chi connectivity index (χ0v) is 15.3. The van der Waals surface area contributed by atoms with Crippen molar-refractivity contribution in [2.45, 2.75) is 12.5 Å². The number of amides is 3. The molecule has 1 saturated heterocycles. The van der Waals surface area contributed by atoms with Crippen LogP contribution < -0.4 is 10.5 Å². The molecule has 0 aliphatic carbocycles. The van der Waals surface area contributed by atoms with Gasteiger partial charge >= 0.3 is 0 Å². The summed E-state index contributed by atoms with van der Waals surface area (Å²) in [6.07, 6.45) is 2.10. The highest BCUT2D eigenvalue weighted by Crippen LogP contribution is 2.28. The molecule has 2 aromatic heterocycles. The fraction of sp³-hybridized carbons (Fsp3) is 0.353. The first kappa shape index (κ1) is 18.0. The van der Waals surface area contributed by atoms with Gasteiger partial charge in [0.25, 0.3) is 11.8 Å². The highest BCUT2D eigenvalue weighted by Gasteiger charge is 2.33. The Kier molecular flexibility index (Phi) is 4.99. The van der Waals surface area contributed by atoms with Gasteiger partial charge < -0.3 is 25.3 Å². The SMILES string of the molecule is COc1ccsc1C(=O)N1CCC(N(C)C(=O)c2cc(C(N)=O)c[nH]2)C1. The number of hydrogen-bond acceptors (Lipinski definition) is 5. The Morgan fingerprint density at radius 1 is 1.42 bits per heavy atom. The Morgan fingerprint density at radius 2 is 2.19 bits per heavy atom. The molecule has 3 heterocycles. The van der Waals surface area contributed by atoms with E-state index in [4.69, 9.17) is 10.5 Å². The number of nitrogens with one attached hydrogen (secondary N) is 1. The quantitative estimate of drug-likeness (QED) is 0.816. The smallest absolute Gasteiger partial charge is 0.270 e. The molecule has 1 aliphatic heterocycles. The molecule has 3 N–H and O–H groups in total. The lowest BCUT2D eigenvalue weighted by Gasteiger charge is -2.24. The third kappa shape index (κ3) is 3.30. The summed E-state index contributed by atoms with van der Waals surface area (Å²) in [5, 5.41) is 1.82. The maximum Gasteiger partial charge on any atom is 0.270 e. The van der Waals surface area contributed by atoms with Crippen LogP contribution in [-0.4, -0.2) is 65.8 Å². The normalized spacial score (nSPS) is 16.5. The summed E-state index contributed by atoms with van der Waals surface area (Å²) >= 11 is 1.34. The predicted molar refractivity (Wildman–Crippen MR) is 96.6 cm³/mol. The van der Waals surface area contributed by atoms with Crippen molar-refractivity contribution in [3.8, 4) is 5.75 Å². The van der Waals surface area contributed by atoms with Crippen LogP contribution in [0.4, 0.5) is 0 Å². The number of nitrogens with two attached hydrogens (primary N) is 1. The van der Waals surface area contributed by atoms with Crippen LogP contribution in [0.5, 0.6) is 5.75 Å². The number of primary amides is 1. The van der Waals surface area contributed by atoms with Crippen LogP contribution in [0.25, 0.3) is 0 Å². The molecule has 2 aromatic rings. The second-order valence-corrected chi connectivity index (χ2v) is 7.01. The van der Waals surface area contributed by atoms with E-state index < -0.39 is 5.91 Å². The van der Waals surface area contributed by atoms with Gasteiger partial charge in [0.1, 0.15) is 16.3 Å². The third-order valence-corrected chi connectivity index (χ3v) is 5.44. The van der Waals surface area contributed by atoms with Crippen LogP contribution in [-0.2, 0) is 0 Å². The highest BCUT2D eigenvalue weighted by atomic mass is 32.1. The molecular formula is C17H20N4O4S. The van der Waals surface area contributed by atoms with Crippen molar-refractivity contribution in [3.05, 3.63) is 39.8 Å². The van der Waals surface area contributed by atoms with E-state index in [1.807, 2.05) is 5.38 Å². The average Bonchev–Trinajstić information content (AvgIpc) is 3.39. The lowest BCUT2D eigenvalue weighted by molar-refractivity contribution is 0.0697. The minimum Gasteiger partial charge on any atom is -0.495 e. The van der Waals surface area contributed by atoms with E-state index in [1.165, 1.54) is 30.7 Å². The number of likely N-dealkylation sites (N-methyl/N-ethyl adjacent to an activating group) is 1. The number of carbonyl (C=O) groups excluding carboxylic acids is 3. The van der Waals surface area contributed by atoms with Crippen LogP contribution in [0.2, 0.25) is 0 Å². The zero-order valence-electron chi connectivity index (χ0n) is 14.5. The van der Waals surface area contributed by atoms with Crippen LogP contribution in [0.15, 0.2) is 23.7 Å². The molecule has 26 heavy (non-hydrogen) atoms. The molecule has 1 fully saturated rings. The largest absolute Gasteiger partial charge is 0.495 e. The van der Waals surface area contributed by atoms with Crippen LogP contribution >= 0.6 is 11.3 Å². The number of hydrogen-bond donors (Lipinski definition) is 2. The van der Waals surface area contributed by atoms with Gasteiger partial charge in [0.15, 0.2) is 0 Å².